The van der Waals surface area contributed by atoms with Gasteiger partial charge >= 0.3 is 0 Å². The zero-order valence-corrected chi connectivity index (χ0v) is 18.2. The minimum atomic E-state index is 0.00644. The predicted molar refractivity (Wildman–Crippen MR) is 122 cm³/mol. The van der Waals surface area contributed by atoms with Crippen molar-refractivity contribution in [1.82, 2.24) is 4.90 Å². The summed E-state index contributed by atoms with van der Waals surface area (Å²) in [5.74, 6) is 1.66. The SMILES string of the molecule is COc1cc(C[C@@H]2CCN([C@@H](C)c3ccccc3)C2=O)ccc1OCc1ccccc1. The second kappa shape index (κ2) is 9.69. The topological polar surface area (TPSA) is 38.8 Å². The minimum absolute atomic E-state index is 0.00644. The standard InChI is InChI=1S/C27H29NO3/c1-20(23-11-7-4-8-12-23)28-16-15-24(27(28)29)17-22-13-14-25(26(18-22)30-2)31-19-21-9-5-3-6-10-21/h3-14,18,20,24H,15-17,19H2,1-2H3/t20-,24-/m0/s1. The normalized spacial score (nSPS) is 16.9. The van der Waals surface area contributed by atoms with E-state index in [-0.39, 0.29) is 17.9 Å². The van der Waals surface area contributed by atoms with E-state index in [1.54, 1.807) is 7.11 Å². The number of hydrogen-bond donors (Lipinski definition) is 0. The third-order valence-corrected chi connectivity index (χ3v) is 6.05. The maximum atomic E-state index is 13.1. The van der Waals surface area contributed by atoms with Gasteiger partial charge in [-0.15, -0.1) is 0 Å². The molecule has 3 aromatic rings. The van der Waals surface area contributed by atoms with E-state index in [1.165, 1.54) is 5.56 Å². The quantitative estimate of drug-likeness (QED) is 0.493. The first-order valence-corrected chi connectivity index (χ1v) is 10.8. The molecule has 1 amide bonds. The van der Waals surface area contributed by atoms with Gasteiger partial charge < -0.3 is 14.4 Å². The van der Waals surface area contributed by atoms with Gasteiger partial charge in [0.2, 0.25) is 5.91 Å². The molecular formula is C27H29NO3. The largest absolute Gasteiger partial charge is 0.493 e. The highest BCUT2D eigenvalue weighted by Gasteiger charge is 2.34. The lowest BCUT2D eigenvalue weighted by Crippen LogP contribution is -2.30. The van der Waals surface area contributed by atoms with Crippen molar-refractivity contribution in [2.24, 2.45) is 5.92 Å². The summed E-state index contributed by atoms with van der Waals surface area (Å²) in [7, 11) is 1.65. The van der Waals surface area contributed by atoms with Gasteiger partial charge in [0, 0.05) is 12.5 Å². The van der Waals surface area contributed by atoms with Gasteiger partial charge in [-0.1, -0.05) is 66.7 Å². The highest BCUT2D eigenvalue weighted by atomic mass is 16.5. The maximum absolute atomic E-state index is 13.1. The summed E-state index contributed by atoms with van der Waals surface area (Å²) in [6.45, 7) is 3.40. The van der Waals surface area contributed by atoms with Crippen molar-refractivity contribution >= 4 is 5.91 Å². The van der Waals surface area contributed by atoms with Crippen molar-refractivity contribution in [2.75, 3.05) is 13.7 Å². The molecule has 1 saturated heterocycles. The van der Waals surface area contributed by atoms with E-state index in [2.05, 4.69) is 19.1 Å². The summed E-state index contributed by atoms with van der Waals surface area (Å²) in [5, 5.41) is 0. The van der Waals surface area contributed by atoms with E-state index < -0.39 is 0 Å². The average molecular weight is 416 g/mol. The lowest BCUT2D eigenvalue weighted by Gasteiger charge is -2.25. The van der Waals surface area contributed by atoms with Gasteiger partial charge in [-0.3, -0.25) is 4.79 Å². The van der Waals surface area contributed by atoms with Crippen molar-refractivity contribution in [2.45, 2.75) is 32.4 Å². The third-order valence-electron chi connectivity index (χ3n) is 6.05. The zero-order chi connectivity index (χ0) is 21.6. The Kier molecular flexibility index (Phi) is 6.56. The number of ether oxygens (including phenoxy) is 2. The number of carbonyl (C=O) groups is 1. The van der Waals surface area contributed by atoms with Crippen LogP contribution in [0.1, 0.15) is 36.1 Å². The second-order valence-corrected chi connectivity index (χ2v) is 8.07. The fourth-order valence-electron chi connectivity index (χ4n) is 4.23. The molecular weight excluding hydrogens is 386 g/mol. The molecule has 0 aliphatic carbocycles. The molecule has 4 nitrogen and oxygen atoms in total. The van der Waals surface area contributed by atoms with E-state index in [9.17, 15) is 4.79 Å². The molecule has 3 aromatic carbocycles. The molecule has 0 saturated carbocycles. The van der Waals surface area contributed by atoms with E-state index in [1.807, 2.05) is 71.6 Å². The Labute approximate surface area is 184 Å². The highest BCUT2D eigenvalue weighted by Crippen LogP contribution is 2.33. The molecule has 1 fully saturated rings. The molecule has 160 valence electrons. The van der Waals surface area contributed by atoms with Crippen molar-refractivity contribution in [3.05, 3.63) is 95.6 Å². The van der Waals surface area contributed by atoms with Crippen molar-refractivity contribution in [1.29, 1.82) is 0 Å². The van der Waals surface area contributed by atoms with Crippen LogP contribution in [0.25, 0.3) is 0 Å². The number of carbonyl (C=O) groups excluding carboxylic acids is 1. The fraction of sp³-hybridized carbons (Fsp3) is 0.296. The number of methoxy groups -OCH3 is 1. The van der Waals surface area contributed by atoms with Crippen molar-refractivity contribution < 1.29 is 14.3 Å². The highest BCUT2D eigenvalue weighted by molar-refractivity contribution is 5.81. The summed E-state index contributed by atoms with van der Waals surface area (Å²) in [6, 6.07) is 26.4. The first kappa shape index (κ1) is 21.0. The van der Waals surface area contributed by atoms with Crippen LogP contribution in [0.3, 0.4) is 0 Å². The van der Waals surface area contributed by atoms with Gasteiger partial charge in [-0.25, -0.2) is 0 Å². The maximum Gasteiger partial charge on any atom is 0.226 e. The molecule has 0 N–H and O–H groups in total. The van der Waals surface area contributed by atoms with Crippen LogP contribution >= 0.6 is 0 Å². The molecule has 0 unspecified atom stereocenters. The third kappa shape index (κ3) is 4.91. The Hall–Kier alpha value is -3.27. The number of benzene rings is 3. The first-order chi connectivity index (χ1) is 15.2. The summed E-state index contributed by atoms with van der Waals surface area (Å²) in [4.78, 5) is 15.1. The van der Waals surface area contributed by atoms with Crippen molar-refractivity contribution in [3.63, 3.8) is 0 Å². The molecule has 0 spiro atoms. The molecule has 2 atom stereocenters. The molecule has 0 bridgehead atoms. The van der Waals surface area contributed by atoms with E-state index in [0.29, 0.717) is 24.5 Å². The van der Waals surface area contributed by atoms with Gasteiger partial charge in [0.05, 0.1) is 13.2 Å². The van der Waals surface area contributed by atoms with Crippen LogP contribution in [0.2, 0.25) is 0 Å². The van der Waals surface area contributed by atoms with Crippen molar-refractivity contribution in [3.8, 4) is 11.5 Å². The number of amides is 1. The summed E-state index contributed by atoms with van der Waals surface area (Å²) in [5.41, 5.74) is 3.38. The zero-order valence-electron chi connectivity index (χ0n) is 18.2. The van der Waals surface area contributed by atoms with Gasteiger partial charge in [-0.2, -0.15) is 0 Å². The average Bonchev–Trinajstić information content (AvgIpc) is 3.18. The van der Waals surface area contributed by atoms with E-state index in [0.717, 1.165) is 24.1 Å². The molecule has 31 heavy (non-hydrogen) atoms. The number of nitrogens with zero attached hydrogens (tertiary/aromatic N) is 1. The van der Waals surface area contributed by atoms with Gasteiger partial charge in [-0.05, 0) is 48.6 Å². The first-order valence-electron chi connectivity index (χ1n) is 10.8. The Balaban J connectivity index is 1.40. The van der Waals surface area contributed by atoms with Gasteiger partial charge in [0.1, 0.15) is 6.61 Å². The molecule has 1 aliphatic rings. The van der Waals surface area contributed by atoms with Crippen LogP contribution in [0.4, 0.5) is 0 Å². The molecule has 1 aliphatic heterocycles. The Bertz CT molecular complexity index is 1000. The predicted octanol–water partition coefficient (Wildman–Crippen LogP) is 5.43. The molecule has 1 heterocycles. The van der Waals surface area contributed by atoms with Crippen LogP contribution in [-0.2, 0) is 17.8 Å². The van der Waals surface area contributed by atoms with Crippen LogP contribution < -0.4 is 9.47 Å². The fourth-order valence-corrected chi connectivity index (χ4v) is 4.23. The second-order valence-electron chi connectivity index (χ2n) is 8.07. The van der Waals surface area contributed by atoms with Crippen LogP contribution in [0, 0.1) is 5.92 Å². The number of rotatable bonds is 8. The monoisotopic (exact) mass is 415 g/mol. The smallest absolute Gasteiger partial charge is 0.226 e. The Morgan fingerprint density at radius 3 is 2.35 bits per heavy atom. The Morgan fingerprint density at radius 2 is 1.65 bits per heavy atom. The molecule has 0 aromatic heterocycles. The number of likely N-dealkylation sites (tertiary alicyclic amines) is 1. The molecule has 0 radical (unpaired) electrons. The van der Waals surface area contributed by atoms with Gasteiger partial charge in [0.25, 0.3) is 0 Å². The minimum Gasteiger partial charge on any atom is -0.493 e. The molecule has 4 rings (SSSR count). The van der Waals surface area contributed by atoms with Crippen LogP contribution in [0.15, 0.2) is 78.9 Å². The van der Waals surface area contributed by atoms with E-state index >= 15 is 0 Å². The van der Waals surface area contributed by atoms with Crippen LogP contribution in [-0.4, -0.2) is 24.5 Å². The lowest BCUT2D eigenvalue weighted by atomic mass is 9.97. The number of hydrogen-bond acceptors (Lipinski definition) is 3. The van der Waals surface area contributed by atoms with Gasteiger partial charge in [0.15, 0.2) is 11.5 Å². The summed E-state index contributed by atoms with van der Waals surface area (Å²) >= 11 is 0. The van der Waals surface area contributed by atoms with Crippen LogP contribution in [0.5, 0.6) is 11.5 Å². The Morgan fingerprint density at radius 1 is 0.935 bits per heavy atom. The lowest BCUT2D eigenvalue weighted by molar-refractivity contribution is -0.132. The summed E-state index contributed by atoms with van der Waals surface area (Å²) < 4.78 is 11.5. The summed E-state index contributed by atoms with van der Waals surface area (Å²) in [6.07, 6.45) is 1.59. The van der Waals surface area contributed by atoms with E-state index in [4.69, 9.17) is 9.47 Å². The molecule has 4 heteroatoms.